The second-order valence-corrected chi connectivity index (χ2v) is 18.4. The number of para-hydroxylation sites is 2. The maximum absolute atomic E-state index is 12.7. The Morgan fingerprint density at radius 1 is 0.471 bits per heavy atom. The van der Waals surface area contributed by atoms with E-state index in [0.717, 1.165) is 24.3 Å². The number of nitrogens with one attached hydrogen (secondary N) is 4. The molecule has 0 amide bonds. The fourth-order valence-electron chi connectivity index (χ4n) is 6.66. The van der Waals surface area contributed by atoms with E-state index in [2.05, 4.69) is 51.2 Å². The van der Waals surface area contributed by atoms with Crippen LogP contribution in [-0.4, -0.2) is 127 Å². The Kier molecular flexibility index (Phi) is 21.4. The molecule has 4 aromatic carbocycles. The zero-order valence-electron chi connectivity index (χ0n) is 39.2. The minimum Gasteiger partial charge on any atom is -0.744 e. The minimum absolute atomic E-state index is 0. The van der Waals surface area contributed by atoms with Crippen LogP contribution in [0, 0.1) is 0 Å². The van der Waals surface area contributed by atoms with Crippen molar-refractivity contribution >= 4 is 90.8 Å². The molecule has 360 valence electrons. The molecule has 0 aliphatic carbocycles. The summed E-state index contributed by atoms with van der Waals surface area (Å²) in [5.74, 6) is 0.0291. The molecule has 0 saturated carbocycles. The van der Waals surface area contributed by atoms with Gasteiger partial charge in [0.15, 0.2) is 0 Å². The molecule has 6 rings (SSSR count). The first-order valence-electron chi connectivity index (χ1n) is 21.0. The van der Waals surface area contributed by atoms with Crippen LogP contribution in [0.15, 0.2) is 107 Å². The number of nitrogens with zero attached hydrogens (tertiary/aromatic N) is 8. The third-order valence-electron chi connectivity index (χ3n) is 9.33. The van der Waals surface area contributed by atoms with Crippen molar-refractivity contribution in [3.63, 3.8) is 0 Å². The largest absolute Gasteiger partial charge is 1.00 e. The Morgan fingerprint density at radius 2 is 0.757 bits per heavy atom. The monoisotopic (exact) mass is 1020 g/mol. The van der Waals surface area contributed by atoms with Crippen LogP contribution in [0.3, 0.4) is 0 Å². The van der Waals surface area contributed by atoms with Gasteiger partial charge in [-0.2, -0.15) is 29.9 Å². The van der Waals surface area contributed by atoms with Crippen LogP contribution in [0.5, 0.6) is 0 Å². The summed E-state index contributed by atoms with van der Waals surface area (Å²) >= 11 is 0. The van der Waals surface area contributed by atoms with Crippen LogP contribution in [-0.2, 0) is 20.2 Å². The van der Waals surface area contributed by atoms with Crippen molar-refractivity contribution in [3.05, 3.63) is 108 Å². The molecule has 8 N–H and O–H groups in total. The SMILES string of the molecule is CC(O)CN(CC(C)O)c1nc(Nc2ccccc2)nc(Nc2ccc(/C=C/c3ccc(Nc4nc(Nc5ccccc5)nc(N(CC(C)O)CC(C)O)n4)cc3S(=O)(=O)[O-])c(S(=O)(=O)[O-])c2)n1.[Na+].[Na+]. The molecule has 0 aliphatic heterocycles. The molecule has 70 heavy (non-hydrogen) atoms. The Hall–Kier alpha value is -4.90. The normalized spacial score (nSPS) is 13.2. The summed E-state index contributed by atoms with van der Waals surface area (Å²) in [5, 5.41) is 52.7. The summed E-state index contributed by atoms with van der Waals surface area (Å²) in [6.07, 6.45) is -1.04. The molecule has 6 aromatic rings. The fourth-order valence-corrected chi connectivity index (χ4v) is 8.05. The molecule has 0 saturated heterocycles. The van der Waals surface area contributed by atoms with Crippen molar-refractivity contribution in [3.8, 4) is 0 Å². The van der Waals surface area contributed by atoms with E-state index in [1.54, 1.807) is 76.2 Å². The second kappa shape index (κ2) is 26.0. The van der Waals surface area contributed by atoms with Gasteiger partial charge >= 0.3 is 59.1 Å². The first-order valence-corrected chi connectivity index (χ1v) is 23.8. The van der Waals surface area contributed by atoms with Crippen LogP contribution in [0.1, 0.15) is 38.8 Å². The third kappa shape index (κ3) is 17.4. The van der Waals surface area contributed by atoms with E-state index in [1.807, 2.05) is 12.1 Å². The van der Waals surface area contributed by atoms with Crippen molar-refractivity contribution in [2.24, 2.45) is 0 Å². The maximum atomic E-state index is 12.7. The van der Waals surface area contributed by atoms with E-state index in [1.165, 1.54) is 34.1 Å². The molecular formula is C44H50N12Na2O10S2. The molecular weight excluding hydrogens is 967 g/mol. The quantitative estimate of drug-likeness (QED) is 0.0210. The van der Waals surface area contributed by atoms with Crippen molar-refractivity contribution in [1.82, 2.24) is 29.9 Å². The second-order valence-electron chi connectivity index (χ2n) is 15.8. The van der Waals surface area contributed by atoms with Gasteiger partial charge in [0, 0.05) is 48.9 Å². The van der Waals surface area contributed by atoms with Gasteiger partial charge in [0.25, 0.3) is 0 Å². The van der Waals surface area contributed by atoms with E-state index in [4.69, 9.17) is 0 Å². The van der Waals surface area contributed by atoms with E-state index in [0.29, 0.717) is 11.4 Å². The van der Waals surface area contributed by atoms with Gasteiger partial charge in [-0.3, -0.25) is 0 Å². The first kappa shape index (κ1) is 57.7. The molecule has 2 aromatic heterocycles. The van der Waals surface area contributed by atoms with Gasteiger partial charge < -0.3 is 60.6 Å². The van der Waals surface area contributed by atoms with E-state index in [-0.39, 0.29) is 143 Å². The molecule has 26 heteroatoms. The van der Waals surface area contributed by atoms with E-state index in [9.17, 15) is 46.4 Å². The molecule has 0 aliphatic rings. The average Bonchev–Trinajstić information content (AvgIpc) is 3.25. The average molecular weight is 1020 g/mol. The zero-order valence-corrected chi connectivity index (χ0v) is 44.8. The predicted molar refractivity (Wildman–Crippen MR) is 255 cm³/mol. The number of aliphatic hydroxyl groups excluding tert-OH is 4. The van der Waals surface area contributed by atoms with Crippen LogP contribution in [0.2, 0.25) is 0 Å². The van der Waals surface area contributed by atoms with Gasteiger partial charge in [-0.25, -0.2) is 16.8 Å². The molecule has 2 heterocycles. The van der Waals surface area contributed by atoms with Gasteiger partial charge in [0.1, 0.15) is 20.2 Å². The fraction of sp³-hybridized carbons (Fsp3) is 0.273. The number of benzene rings is 4. The van der Waals surface area contributed by atoms with Crippen molar-refractivity contribution in [2.45, 2.75) is 61.9 Å². The van der Waals surface area contributed by atoms with Crippen molar-refractivity contribution in [1.29, 1.82) is 0 Å². The van der Waals surface area contributed by atoms with Crippen LogP contribution < -0.4 is 90.2 Å². The number of hydrogen-bond acceptors (Lipinski definition) is 22. The van der Waals surface area contributed by atoms with Crippen molar-refractivity contribution < 1.29 is 105 Å². The van der Waals surface area contributed by atoms with Gasteiger partial charge in [-0.05, 0) is 87.4 Å². The van der Waals surface area contributed by atoms with Crippen LogP contribution in [0.25, 0.3) is 12.2 Å². The number of rotatable bonds is 22. The number of aromatic nitrogens is 6. The first-order chi connectivity index (χ1) is 32.2. The van der Waals surface area contributed by atoms with Gasteiger partial charge in [-0.1, -0.05) is 60.7 Å². The van der Waals surface area contributed by atoms with E-state index < -0.39 is 54.4 Å². The Morgan fingerprint density at radius 3 is 1.03 bits per heavy atom. The predicted octanol–water partition coefficient (Wildman–Crippen LogP) is -1.85. The summed E-state index contributed by atoms with van der Waals surface area (Å²) in [7, 11) is -10.4. The van der Waals surface area contributed by atoms with Gasteiger partial charge in [0.2, 0.25) is 35.7 Å². The number of anilines is 10. The Balaban J connectivity index is 0.00000533. The molecule has 0 bridgehead atoms. The summed E-state index contributed by atoms with van der Waals surface area (Å²) in [4.78, 5) is 28.3. The Labute approximate surface area is 449 Å². The topological polar surface area (TPSA) is 327 Å². The summed E-state index contributed by atoms with van der Waals surface area (Å²) in [5.41, 5.74) is 1.05. The Bertz CT molecular complexity index is 2710. The molecule has 4 unspecified atom stereocenters. The molecule has 0 fully saturated rings. The number of hydrogen-bond donors (Lipinski definition) is 8. The van der Waals surface area contributed by atoms with Gasteiger partial charge in [0.05, 0.1) is 34.2 Å². The maximum Gasteiger partial charge on any atom is 1.00 e. The smallest absolute Gasteiger partial charge is 0.744 e. The third-order valence-corrected chi connectivity index (χ3v) is 11.1. The standard InChI is InChI=1S/C44H52N12O10S2.2Na/c1-27(57)23-55(24-28(2)58)43-51-39(45-33-11-7-5-8-12-33)49-41(53-43)47-35-19-17-31(37(21-35)67(61,62)63)15-16-32-18-20-36(22-38(32)68(64,65)66)48-42-50-40(46-34-13-9-6-10-14-34)52-44(54-42)56(25-29(3)59)26-30(4)60;;/h5-22,27-30,57-60H,23-26H2,1-4H3,(H,61,62,63)(H,64,65,66)(H2,45,47,49,51,53)(H2,46,48,50,52,54);;/q;2*+1/p-2/b16-15+;;. The molecule has 0 radical (unpaired) electrons. The molecule has 0 spiro atoms. The zero-order chi connectivity index (χ0) is 49.2. The summed E-state index contributed by atoms with van der Waals surface area (Å²) in [6.45, 7) is 6.37. The van der Waals surface area contributed by atoms with Crippen LogP contribution >= 0.6 is 0 Å². The summed E-state index contributed by atoms with van der Waals surface area (Å²) in [6, 6.07) is 25.3. The van der Waals surface area contributed by atoms with E-state index >= 15 is 0 Å². The van der Waals surface area contributed by atoms with Crippen LogP contribution in [0.4, 0.5) is 58.4 Å². The molecule has 22 nitrogen and oxygen atoms in total. The molecule has 4 atom stereocenters. The van der Waals surface area contributed by atoms with Crippen molar-refractivity contribution in [2.75, 3.05) is 57.2 Å². The van der Waals surface area contributed by atoms with Gasteiger partial charge in [-0.15, -0.1) is 0 Å². The number of aliphatic hydroxyl groups is 4. The summed E-state index contributed by atoms with van der Waals surface area (Å²) < 4.78 is 76.2. The minimum atomic E-state index is -5.19.